The van der Waals surface area contributed by atoms with Crippen molar-refractivity contribution in [2.45, 2.75) is 31.6 Å². The van der Waals surface area contributed by atoms with Crippen molar-refractivity contribution in [1.82, 2.24) is 9.80 Å². The number of amides is 1. The van der Waals surface area contributed by atoms with Crippen molar-refractivity contribution < 1.29 is 9.90 Å². The number of nitrogens with zero attached hydrogens (tertiary/aromatic N) is 2. The summed E-state index contributed by atoms with van der Waals surface area (Å²) >= 11 is 0. The van der Waals surface area contributed by atoms with E-state index in [0.717, 1.165) is 57.4 Å². The van der Waals surface area contributed by atoms with Gasteiger partial charge in [0.2, 0.25) is 5.91 Å². The van der Waals surface area contributed by atoms with Gasteiger partial charge in [-0.25, -0.2) is 0 Å². The van der Waals surface area contributed by atoms with Crippen LogP contribution in [0.5, 0.6) is 0 Å². The fourth-order valence-electron chi connectivity index (χ4n) is 4.29. The Morgan fingerprint density at radius 3 is 2.57 bits per heavy atom. The third-order valence-electron chi connectivity index (χ3n) is 5.64. The van der Waals surface area contributed by atoms with Crippen molar-refractivity contribution in [3.63, 3.8) is 0 Å². The molecule has 2 fully saturated rings. The standard InChI is InChI=1S/C19H28N2O2/c1-20-15-19(8-11-21(12-9-19)10-5-13-22)14-17(18(20)23)16-6-3-2-4-7-16/h2-4,6-7,17,22H,5,8-15H2,1H3/t17-/m1/s1. The highest BCUT2D eigenvalue weighted by molar-refractivity contribution is 5.84. The summed E-state index contributed by atoms with van der Waals surface area (Å²) in [6, 6.07) is 10.2. The normalized spacial score (nSPS) is 25.0. The van der Waals surface area contributed by atoms with E-state index in [1.165, 1.54) is 0 Å². The van der Waals surface area contributed by atoms with Gasteiger partial charge < -0.3 is 14.9 Å². The molecule has 126 valence electrons. The SMILES string of the molecule is CN1CC2(CCN(CCCO)CC2)C[C@H](c2ccccc2)C1=O. The molecule has 3 rings (SSSR count). The molecule has 2 aliphatic heterocycles. The zero-order chi connectivity index (χ0) is 16.3. The molecule has 1 N–H and O–H groups in total. The number of piperidine rings is 2. The number of rotatable bonds is 4. The summed E-state index contributed by atoms with van der Waals surface area (Å²) in [6.45, 7) is 4.33. The predicted molar refractivity (Wildman–Crippen MR) is 91.2 cm³/mol. The van der Waals surface area contributed by atoms with Crippen LogP contribution in [0.15, 0.2) is 30.3 Å². The first-order valence-corrected chi connectivity index (χ1v) is 8.77. The number of hydrogen-bond donors (Lipinski definition) is 1. The topological polar surface area (TPSA) is 43.8 Å². The van der Waals surface area contributed by atoms with E-state index in [1.54, 1.807) is 0 Å². The number of carbonyl (C=O) groups excluding carboxylic acids is 1. The first-order valence-electron chi connectivity index (χ1n) is 8.77. The predicted octanol–water partition coefficient (Wildman–Crippen LogP) is 2.10. The summed E-state index contributed by atoms with van der Waals surface area (Å²) in [5.74, 6) is 0.281. The molecule has 0 aliphatic carbocycles. The molecule has 4 heteroatoms. The molecule has 1 amide bonds. The lowest BCUT2D eigenvalue weighted by Gasteiger charge is -2.49. The van der Waals surface area contributed by atoms with E-state index in [1.807, 2.05) is 30.1 Å². The maximum absolute atomic E-state index is 12.6. The van der Waals surface area contributed by atoms with Crippen molar-refractivity contribution in [1.29, 1.82) is 0 Å². The third kappa shape index (κ3) is 3.59. The van der Waals surface area contributed by atoms with E-state index in [2.05, 4.69) is 17.0 Å². The quantitative estimate of drug-likeness (QED) is 0.925. The summed E-state index contributed by atoms with van der Waals surface area (Å²) < 4.78 is 0. The number of aliphatic hydroxyl groups excluding tert-OH is 1. The van der Waals surface area contributed by atoms with Crippen LogP contribution in [0.2, 0.25) is 0 Å². The van der Waals surface area contributed by atoms with E-state index >= 15 is 0 Å². The van der Waals surface area contributed by atoms with Crippen molar-refractivity contribution in [3.8, 4) is 0 Å². The van der Waals surface area contributed by atoms with Crippen LogP contribution in [0.25, 0.3) is 0 Å². The fraction of sp³-hybridized carbons (Fsp3) is 0.632. The number of likely N-dealkylation sites (tertiary alicyclic amines) is 2. The van der Waals surface area contributed by atoms with Crippen molar-refractivity contribution in [2.24, 2.45) is 5.41 Å². The average Bonchev–Trinajstić information content (AvgIpc) is 2.59. The zero-order valence-corrected chi connectivity index (χ0v) is 14.1. The van der Waals surface area contributed by atoms with Crippen LogP contribution in [-0.4, -0.2) is 60.6 Å². The van der Waals surface area contributed by atoms with Crippen LogP contribution in [0.4, 0.5) is 0 Å². The number of benzene rings is 1. The van der Waals surface area contributed by atoms with Gasteiger partial charge in [-0.05, 0) is 49.8 Å². The first kappa shape index (κ1) is 16.5. The lowest BCUT2D eigenvalue weighted by atomic mass is 9.68. The molecule has 0 aromatic heterocycles. The van der Waals surface area contributed by atoms with Gasteiger partial charge in [0.1, 0.15) is 0 Å². The lowest BCUT2D eigenvalue weighted by Crippen LogP contribution is -2.52. The molecule has 1 spiro atoms. The molecule has 0 unspecified atom stereocenters. The Bertz CT molecular complexity index is 523. The van der Waals surface area contributed by atoms with Gasteiger partial charge in [-0.1, -0.05) is 30.3 Å². The average molecular weight is 316 g/mol. The van der Waals surface area contributed by atoms with E-state index in [9.17, 15) is 4.79 Å². The Hall–Kier alpha value is -1.39. The molecule has 4 nitrogen and oxygen atoms in total. The van der Waals surface area contributed by atoms with Crippen LogP contribution < -0.4 is 0 Å². The Labute approximate surface area is 139 Å². The maximum atomic E-state index is 12.6. The van der Waals surface area contributed by atoms with Crippen LogP contribution in [0, 0.1) is 5.41 Å². The zero-order valence-electron chi connectivity index (χ0n) is 14.1. The summed E-state index contributed by atoms with van der Waals surface area (Å²) in [5, 5.41) is 8.99. The minimum Gasteiger partial charge on any atom is -0.396 e. The van der Waals surface area contributed by atoms with Crippen LogP contribution >= 0.6 is 0 Å². The second-order valence-corrected chi connectivity index (χ2v) is 7.28. The number of hydrogen-bond acceptors (Lipinski definition) is 3. The maximum Gasteiger partial charge on any atom is 0.229 e. The van der Waals surface area contributed by atoms with E-state index < -0.39 is 0 Å². The van der Waals surface area contributed by atoms with Crippen LogP contribution in [-0.2, 0) is 4.79 Å². The van der Waals surface area contributed by atoms with Crippen LogP contribution in [0.1, 0.15) is 37.2 Å². The lowest BCUT2D eigenvalue weighted by molar-refractivity contribution is -0.139. The first-order chi connectivity index (χ1) is 11.1. The Morgan fingerprint density at radius 1 is 1.22 bits per heavy atom. The van der Waals surface area contributed by atoms with E-state index in [-0.39, 0.29) is 23.8 Å². The van der Waals surface area contributed by atoms with Crippen molar-refractivity contribution in [3.05, 3.63) is 35.9 Å². The van der Waals surface area contributed by atoms with Gasteiger partial charge in [-0.3, -0.25) is 4.79 Å². The van der Waals surface area contributed by atoms with Crippen molar-refractivity contribution >= 4 is 5.91 Å². The Morgan fingerprint density at radius 2 is 1.91 bits per heavy atom. The highest BCUT2D eigenvalue weighted by atomic mass is 16.3. The molecule has 1 aromatic carbocycles. The number of likely N-dealkylation sites (N-methyl/N-ethyl adjacent to an activating group) is 1. The van der Waals surface area contributed by atoms with E-state index in [4.69, 9.17) is 5.11 Å². The molecule has 2 saturated heterocycles. The van der Waals surface area contributed by atoms with Gasteiger partial charge in [0, 0.05) is 26.7 Å². The molecule has 2 aliphatic rings. The van der Waals surface area contributed by atoms with Gasteiger partial charge >= 0.3 is 0 Å². The highest BCUT2D eigenvalue weighted by Gasteiger charge is 2.44. The Balaban J connectivity index is 1.71. The molecule has 0 radical (unpaired) electrons. The molecule has 0 saturated carbocycles. The van der Waals surface area contributed by atoms with E-state index in [0.29, 0.717) is 0 Å². The van der Waals surface area contributed by atoms with Gasteiger partial charge in [-0.15, -0.1) is 0 Å². The number of carbonyl (C=O) groups is 1. The highest BCUT2D eigenvalue weighted by Crippen LogP contribution is 2.45. The van der Waals surface area contributed by atoms with Crippen molar-refractivity contribution in [2.75, 3.05) is 39.8 Å². The minimum absolute atomic E-state index is 0.0129. The summed E-state index contributed by atoms with van der Waals surface area (Å²) in [7, 11) is 1.96. The molecule has 1 atom stereocenters. The molecule has 1 aromatic rings. The summed E-state index contributed by atoms with van der Waals surface area (Å²) in [4.78, 5) is 17.0. The van der Waals surface area contributed by atoms with Gasteiger partial charge in [-0.2, -0.15) is 0 Å². The third-order valence-corrected chi connectivity index (χ3v) is 5.64. The molecular formula is C19H28N2O2. The minimum atomic E-state index is 0.0129. The second kappa shape index (κ2) is 7.02. The van der Waals surface area contributed by atoms with Gasteiger partial charge in [0.05, 0.1) is 5.92 Å². The smallest absolute Gasteiger partial charge is 0.229 e. The second-order valence-electron chi connectivity index (χ2n) is 7.28. The Kier molecular flexibility index (Phi) is 5.02. The molecule has 2 heterocycles. The van der Waals surface area contributed by atoms with Gasteiger partial charge in [0.25, 0.3) is 0 Å². The van der Waals surface area contributed by atoms with Gasteiger partial charge in [0.15, 0.2) is 0 Å². The summed E-state index contributed by atoms with van der Waals surface area (Å²) in [6.07, 6.45) is 4.14. The molecular weight excluding hydrogens is 288 g/mol. The largest absolute Gasteiger partial charge is 0.396 e. The monoisotopic (exact) mass is 316 g/mol. The summed E-state index contributed by atoms with van der Waals surface area (Å²) in [5.41, 5.74) is 1.42. The number of aliphatic hydroxyl groups is 1. The fourth-order valence-corrected chi connectivity index (χ4v) is 4.29. The molecule has 23 heavy (non-hydrogen) atoms. The molecule has 0 bridgehead atoms. The van der Waals surface area contributed by atoms with Crippen LogP contribution in [0.3, 0.4) is 0 Å².